The Morgan fingerprint density at radius 2 is 1.61 bits per heavy atom. The van der Waals surface area contributed by atoms with Crippen molar-refractivity contribution in [3.05, 3.63) is 53.1 Å². The molecule has 0 radical (unpaired) electrons. The van der Waals surface area contributed by atoms with Crippen molar-refractivity contribution < 1.29 is 26.6 Å². The molecular weight excluding hydrogens is 456 g/mol. The van der Waals surface area contributed by atoms with Gasteiger partial charge in [-0.1, -0.05) is 38.5 Å². The molecule has 0 heterocycles. The molecule has 0 spiro atoms. The lowest BCUT2D eigenvalue weighted by Crippen LogP contribution is -2.44. The number of aryl methyl sites for hydroxylation is 1. The predicted molar refractivity (Wildman–Crippen MR) is 134 cm³/mol. The number of carbonyl (C=O) groups excluding carboxylic acids is 1. The van der Waals surface area contributed by atoms with E-state index in [1.165, 1.54) is 25.3 Å². The second-order valence-corrected chi connectivity index (χ2v) is 15.9. The summed E-state index contributed by atoms with van der Waals surface area (Å²) in [6.07, 6.45) is 2.09. The molecule has 0 aliphatic carbocycles. The Morgan fingerprint density at radius 3 is 2.09 bits per heavy atom. The van der Waals surface area contributed by atoms with Crippen LogP contribution >= 0.6 is 0 Å². The van der Waals surface area contributed by atoms with Crippen molar-refractivity contribution in [1.82, 2.24) is 0 Å². The summed E-state index contributed by atoms with van der Waals surface area (Å²) >= 11 is 0. The second kappa shape index (κ2) is 9.73. The molecule has 180 valence electrons. The van der Waals surface area contributed by atoms with Gasteiger partial charge in [0, 0.05) is 11.1 Å². The van der Waals surface area contributed by atoms with Gasteiger partial charge in [-0.05, 0) is 68.8 Å². The van der Waals surface area contributed by atoms with Crippen molar-refractivity contribution in [1.29, 1.82) is 0 Å². The first-order valence-corrected chi connectivity index (χ1v) is 15.0. The van der Waals surface area contributed by atoms with Crippen LogP contribution < -0.4 is 13.3 Å². The molecule has 0 bridgehead atoms. The summed E-state index contributed by atoms with van der Waals surface area (Å²) in [6, 6.07) is 8.03. The first-order chi connectivity index (χ1) is 15.1. The molecule has 0 amide bonds. The number of carbonyl (C=O) groups is 1. The van der Waals surface area contributed by atoms with Gasteiger partial charge in [-0.3, -0.25) is 4.79 Å². The van der Waals surface area contributed by atoms with Gasteiger partial charge >= 0.3 is 10.1 Å². The fourth-order valence-electron chi connectivity index (χ4n) is 2.91. The van der Waals surface area contributed by atoms with Crippen LogP contribution in [0.1, 0.15) is 44.4 Å². The average Bonchev–Trinajstić information content (AvgIpc) is 2.69. The van der Waals surface area contributed by atoms with Crippen LogP contribution in [0, 0.1) is 13.8 Å². The number of benzene rings is 2. The molecule has 0 unspecified atom stereocenters. The first kappa shape index (κ1) is 26.7. The summed E-state index contributed by atoms with van der Waals surface area (Å²) in [4.78, 5) is 11.3. The van der Waals surface area contributed by atoms with Crippen LogP contribution in [-0.2, 0) is 14.9 Å². The molecule has 0 aliphatic heterocycles. The van der Waals surface area contributed by atoms with Crippen molar-refractivity contribution in [2.45, 2.75) is 64.6 Å². The summed E-state index contributed by atoms with van der Waals surface area (Å²) in [5, 5.41) is -0.0879. The smallest absolute Gasteiger partial charge is 0.339 e. The fraction of sp³-hybridized carbons (Fsp3) is 0.400. The lowest BCUT2D eigenvalue weighted by atomic mass is 10.0. The van der Waals surface area contributed by atoms with Gasteiger partial charge in [-0.15, -0.1) is 0 Å². The Hall–Kier alpha value is -2.58. The minimum absolute atomic E-state index is 0.0507. The standard InChI is InChI=1S/C25H34O6SSi/c1-17-10-12-20(13-11-17)32(27,28)30-22-16-21(18(2)14-15-26)24(23(29-7)19(22)3)31-33(8,9)25(4,5)6/h10-16H,1-9H3. The van der Waals surface area contributed by atoms with Crippen LogP contribution in [0.5, 0.6) is 17.2 Å². The lowest BCUT2D eigenvalue weighted by Gasteiger charge is -2.37. The van der Waals surface area contributed by atoms with Crippen molar-refractivity contribution in [2.75, 3.05) is 7.11 Å². The molecular formula is C25H34O6SSi. The number of hydrogen-bond acceptors (Lipinski definition) is 6. The topological polar surface area (TPSA) is 78.9 Å². The van der Waals surface area contributed by atoms with E-state index in [2.05, 4.69) is 33.9 Å². The van der Waals surface area contributed by atoms with Crippen LogP contribution in [0.2, 0.25) is 18.1 Å². The van der Waals surface area contributed by atoms with Crippen LogP contribution in [0.15, 0.2) is 41.3 Å². The van der Waals surface area contributed by atoms with E-state index < -0.39 is 18.4 Å². The summed E-state index contributed by atoms with van der Waals surface area (Å²) < 4.78 is 43.8. The summed E-state index contributed by atoms with van der Waals surface area (Å²) in [7, 11) is -4.87. The fourth-order valence-corrected chi connectivity index (χ4v) is 4.90. The third-order valence-electron chi connectivity index (χ3n) is 6.06. The van der Waals surface area contributed by atoms with Crippen molar-refractivity contribution in [3.63, 3.8) is 0 Å². The molecule has 33 heavy (non-hydrogen) atoms. The minimum Gasteiger partial charge on any atom is -0.541 e. The van der Waals surface area contributed by atoms with E-state index in [0.717, 1.165) is 5.56 Å². The number of aldehydes is 1. The van der Waals surface area contributed by atoms with Crippen LogP contribution in [0.4, 0.5) is 0 Å². The Labute approximate surface area is 198 Å². The van der Waals surface area contributed by atoms with E-state index in [1.807, 2.05) is 6.92 Å². The first-order valence-electron chi connectivity index (χ1n) is 10.7. The minimum atomic E-state index is -4.08. The summed E-state index contributed by atoms with van der Waals surface area (Å²) in [6.45, 7) is 15.9. The second-order valence-electron chi connectivity index (χ2n) is 9.61. The molecule has 6 nitrogen and oxygen atoms in total. The molecule has 0 atom stereocenters. The average molecular weight is 491 g/mol. The molecule has 0 aromatic heterocycles. The number of allylic oxidation sites excluding steroid dienone is 2. The van der Waals surface area contributed by atoms with E-state index in [9.17, 15) is 13.2 Å². The number of hydrogen-bond donors (Lipinski definition) is 0. The molecule has 0 fully saturated rings. The highest BCUT2D eigenvalue weighted by Crippen LogP contribution is 2.47. The van der Waals surface area contributed by atoms with E-state index in [0.29, 0.717) is 34.5 Å². The zero-order valence-electron chi connectivity index (χ0n) is 20.9. The van der Waals surface area contributed by atoms with E-state index in [-0.39, 0.29) is 15.7 Å². The van der Waals surface area contributed by atoms with Crippen molar-refractivity contribution >= 4 is 30.3 Å². The van der Waals surface area contributed by atoms with Crippen molar-refractivity contribution in [3.8, 4) is 17.2 Å². The van der Waals surface area contributed by atoms with E-state index >= 15 is 0 Å². The number of rotatable bonds is 8. The third kappa shape index (κ3) is 5.86. The summed E-state index contributed by atoms with van der Waals surface area (Å²) in [5.41, 5.74) is 2.58. The van der Waals surface area contributed by atoms with Gasteiger partial charge in [0.05, 0.1) is 7.11 Å². The van der Waals surface area contributed by atoms with Gasteiger partial charge in [0.1, 0.15) is 16.9 Å². The quantitative estimate of drug-likeness (QED) is 0.193. The highest BCUT2D eigenvalue weighted by molar-refractivity contribution is 7.87. The molecule has 2 aromatic rings. The number of methoxy groups -OCH3 is 1. The zero-order chi connectivity index (χ0) is 25.2. The van der Waals surface area contributed by atoms with Crippen LogP contribution in [0.3, 0.4) is 0 Å². The van der Waals surface area contributed by atoms with Crippen LogP contribution in [0.25, 0.3) is 5.57 Å². The third-order valence-corrected chi connectivity index (χ3v) is 11.6. The maximum absolute atomic E-state index is 13.0. The molecule has 0 saturated carbocycles. The highest BCUT2D eigenvalue weighted by atomic mass is 32.2. The Balaban J connectivity index is 2.72. The monoisotopic (exact) mass is 490 g/mol. The van der Waals surface area contributed by atoms with Gasteiger partial charge in [0.15, 0.2) is 11.5 Å². The SMILES string of the molecule is COc1c(C)c(OS(=O)(=O)c2ccc(C)cc2)cc(C(C)=CC=O)c1O[Si](C)(C)C(C)(C)C. The predicted octanol–water partition coefficient (Wildman–Crippen LogP) is 6.07. The van der Waals surface area contributed by atoms with Crippen LogP contribution in [-0.4, -0.2) is 30.1 Å². The Bertz CT molecular complexity index is 1160. The van der Waals surface area contributed by atoms with Crippen molar-refractivity contribution in [2.24, 2.45) is 0 Å². The maximum atomic E-state index is 13.0. The molecule has 0 saturated heterocycles. The van der Waals surface area contributed by atoms with E-state index in [1.54, 1.807) is 32.0 Å². The molecule has 0 N–H and O–H groups in total. The van der Waals surface area contributed by atoms with Gasteiger partial charge in [-0.2, -0.15) is 8.42 Å². The molecule has 2 aromatic carbocycles. The normalized spacial score (nSPS) is 12.9. The zero-order valence-corrected chi connectivity index (χ0v) is 22.7. The Morgan fingerprint density at radius 1 is 1.03 bits per heavy atom. The number of ether oxygens (including phenoxy) is 1. The molecule has 0 aliphatic rings. The largest absolute Gasteiger partial charge is 0.541 e. The van der Waals surface area contributed by atoms with Gasteiger partial charge < -0.3 is 13.3 Å². The lowest BCUT2D eigenvalue weighted by molar-refractivity contribution is -0.104. The van der Waals surface area contributed by atoms with Gasteiger partial charge in [-0.25, -0.2) is 0 Å². The Kier molecular flexibility index (Phi) is 7.86. The maximum Gasteiger partial charge on any atom is 0.339 e. The summed E-state index contributed by atoms with van der Waals surface area (Å²) in [5.74, 6) is 0.978. The van der Waals surface area contributed by atoms with E-state index in [4.69, 9.17) is 13.3 Å². The highest BCUT2D eigenvalue weighted by Gasteiger charge is 2.40. The molecule has 2 rings (SSSR count). The van der Waals surface area contributed by atoms with Gasteiger partial charge in [0.2, 0.25) is 0 Å². The molecule has 8 heteroatoms. The van der Waals surface area contributed by atoms with Gasteiger partial charge in [0.25, 0.3) is 8.32 Å².